The van der Waals surface area contributed by atoms with Crippen LogP contribution in [-0.4, -0.2) is 35.7 Å². The van der Waals surface area contributed by atoms with E-state index in [2.05, 4.69) is 16.9 Å². The van der Waals surface area contributed by atoms with Crippen LogP contribution < -0.4 is 10.6 Å². The predicted molar refractivity (Wildman–Crippen MR) is 99.3 cm³/mol. The molecule has 24 heavy (non-hydrogen) atoms. The molecule has 2 N–H and O–H groups in total. The Morgan fingerprint density at radius 3 is 2.67 bits per heavy atom. The predicted octanol–water partition coefficient (Wildman–Crippen LogP) is 3.71. The van der Waals surface area contributed by atoms with Crippen LogP contribution in [0.25, 0.3) is 0 Å². The summed E-state index contributed by atoms with van der Waals surface area (Å²) >= 11 is 1.99. The summed E-state index contributed by atoms with van der Waals surface area (Å²) in [5, 5.41) is 7.53. The van der Waals surface area contributed by atoms with Gasteiger partial charge in [0.2, 0.25) is 0 Å². The molecule has 0 bridgehead atoms. The van der Waals surface area contributed by atoms with Gasteiger partial charge in [-0.25, -0.2) is 4.79 Å². The largest absolute Gasteiger partial charge is 0.445 e. The fourth-order valence-electron chi connectivity index (χ4n) is 3.68. The summed E-state index contributed by atoms with van der Waals surface area (Å²) in [4.78, 5) is 11.9. The maximum Gasteiger partial charge on any atom is 0.407 e. The van der Waals surface area contributed by atoms with Gasteiger partial charge < -0.3 is 15.4 Å². The zero-order chi connectivity index (χ0) is 16.8. The summed E-state index contributed by atoms with van der Waals surface area (Å²) < 4.78 is 5.28. The molecule has 0 radical (unpaired) electrons. The molecule has 1 amide bonds. The summed E-state index contributed by atoms with van der Waals surface area (Å²) in [6, 6.07) is 11.2. The molecule has 132 valence electrons. The number of carbonyl (C=O) groups excluding carboxylic acids is 1. The maximum atomic E-state index is 11.9. The molecule has 0 aliphatic heterocycles. The minimum Gasteiger partial charge on any atom is -0.445 e. The highest BCUT2D eigenvalue weighted by Crippen LogP contribution is 2.30. The Labute approximate surface area is 149 Å². The lowest BCUT2D eigenvalue weighted by atomic mass is 9.84. The lowest BCUT2D eigenvalue weighted by Crippen LogP contribution is -2.56. The van der Waals surface area contributed by atoms with Crippen molar-refractivity contribution in [3.8, 4) is 0 Å². The minimum absolute atomic E-state index is 0.252. The van der Waals surface area contributed by atoms with Crippen molar-refractivity contribution < 1.29 is 9.53 Å². The van der Waals surface area contributed by atoms with Crippen molar-refractivity contribution in [3.63, 3.8) is 0 Å². The molecule has 5 heteroatoms. The first-order valence-corrected chi connectivity index (χ1v) is 10.3. The summed E-state index contributed by atoms with van der Waals surface area (Å²) in [7, 11) is 0. The van der Waals surface area contributed by atoms with Gasteiger partial charge in [-0.1, -0.05) is 43.2 Å². The van der Waals surface area contributed by atoms with Gasteiger partial charge in [0.1, 0.15) is 6.61 Å². The number of ether oxygens (including phenoxy) is 1. The molecule has 1 aromatic carbocycles. The highest BCUT2D eigenvalue weighted by molar-refractivity contribution is 7.99. The van der Waals surface area contributed by atoms with E-state index in [0.29, 0.717) is 18.7 Å². The van der Waals surface area contributed by atoms with Gasteiger partial charge >= 0.3 is 6.09 Å². The molecular weight excluding hydrogens is 320 g/mol. The van der Waals surface area contributed by atoms with Crippen LogP contribution in [0.5, 0.6) is 0 Å². The first-order valence-electron chi connectivity index (χ1n) is 9.00. The molecule has 2 aliphatic carbocycles. The summed E-state index contributed by atoms with van der Waals surface area (Å²) in [5.74, 6) is 0. The Balaban J connectivity index is 1.32. The Kier molecular flexibility index (Phi) is 6.44. The highest BCUT2D eigenvalue weighted by Gasteiger charge is 2.34. The molecule has 0 spiro atoms. The second kappa shape index (κ2) is 8.77. The minimum atomic E-state index is -0.304. The SMILES string of the molecule is CSC1CCCCC1NC1CC(NC(=O)OCc2ccccc2)C1. The Morgan fingerprint density at radius 1 is 1.17 bits per heavy atom. The Hall–Kier alpha value is -1.20. The van der Waals surface area contributed by atoms with Crippen LogP contribution in [-0.2, 0) is 11.3 Å². The van der Waals surface area contributed by atoms with Gasteiger partial charge in [-0.15, -0.1) is 0 Å². The first-order chi connectivity index (χ1) is 11.7. The van der Waals surface area contributed by atoms with E-state index in [4.69, 9.17) is 4.74 Å². The smallest absolute Gasteiger partial charge is 0.407 e. The normalized spacial score (nSPS) is 29.5. The van der Waals surface area contributed by atoms with Crippen LogP contribution >= 0.6 is 11.8 Å². The molecule has 0 heterocycles. The van der Waals surface area contributed by atoms with Gasteiger partial charge in [-0.2, -0.15) is 11.8 Å². The maximum absolute atomic E-state index is 11.9. The van der Waals surface area contributed by atoms with Crippen molar-refractivity contribution in [1.82, 2.24) is 10.6 Å². The van der Waals surface area contributed by atoms with E-state index in [1.165, 1.54) is 25.7 Å². The zero-order valence-corrected chi connectivity index (χ0v) is 15.2. The quantitative estimate of drug-likeness (QED) is 0.823. The number of amides is 1. The number of thioether (sulfide) groups is 1. The molecule has 4 nitrogen and oxygen atoms in total. The molecule has 2 fully saturated rings. The Bertz CT molecular complexity index is 519. The third-order valence-electron chi connectivity index (χ3n) is 5.13. The number of benzene rings is 1. The van der Waals surface area contributed by atoms with Crippen molar-refractivity contribution in [3.05, 3.63) is 35.9 Å². The van der Waals surface area contributed by atoms with Crippen LogP contribution in [0.3, 0.4) is 0 Å². The van der Waals surface area contributed by atoms with Gasteiger partial charge in [0, 0.05) is 23.4 Å². The second-order valence-corrected chi connectivity index (χ2v) is 7.98. The van der Waals surface area contributed by atoms with Gasteiger partial charge in [-0.3, -0.25) is 0 Å². The molecule has 2 aliphatic rings. The van der Waals surface area contributed by atoms with Crippen molar-refractivity contribution in [2.24, 2.45) is 0 Å². The van der Waals surface area contributed by atoms with Crippen LogP contribution in [0.15, 0.2) is 30.3 Å². The molecule has 0 saturated heterocycles. The molecule has 2 atom stereocenters. The monoisotopic (exact) mass is 348 g/mol. The van der Waals surface area contributed by atoms with Crippen molar-refractivity contribution in [2.75, 3.05) is 6.26 Å². The van der Waals surface area contributed by atoms with Gasteiger partial charge in [0.25, 0.3) is 0 Å². The first kappa shape index (κ1) is 17.6. The molecule has 3 rings (SSSR count). The van der Waals surface area contributed by atoms with E-state index >= 15 is 0 Å². The van der Waals surface area contributed by atoms with E-state index in [9.17, 15) is 4.79 Å². The van der Waals surface area contributed by atoms with Crippen molar-refractivity contribution in [1.29, 1.82) is 0 Å². The lowest BCUT2D eigenvalue weighted by Gasteiger charge is -2.41. The topological polar surface area (TPSA) is 50.4 Å². The third-order valence-corrected chi connectivity index (χ3v) is 6.30. The van der Waals surface area contributed by atoms with Crippen molar-refractivity contribution >= 4 is 17.9 Å². The fraction of sp³-hybridized carbons (Fsp3) is 0.632. The van der Waals surface area contributed by atoms with E-state index in [0.717, 1.165) is 23.7 Å². The van der Waals surface area contributed by atoms with E-state index in [1.807, 2.05) is 42.1 Å². The summed E-state index contributed by atoms with van der Waals surface area (Å²) in [6.07, 6.45) is 9.27. The number of hydrogen-bond donors (Lipinski definition) is 2. The average Bonchev–Trinajstić information content (AvgIpc) is 2.59. The number of nitrogens with one attached hydrogen (secondary N) is 2. The zero-order valence-electron chi connectivity index (χ0n) is 14.4. The lowest BCUT2D eigenvalue weighted by molar-refractivity contribution is 0.123. The third kappa shape index (κ3) is 4.90. The number of rotatable bonds is 6. The molecule has 2 saturated carbocycles. The van der Waals surface area contributed by atoms with Gasteiger partial charge in [0.05, 0.1) is 0 Å². The number of alkyl carbamates (subject to hydrolysis) is 1. The van der Waals surface area contributed by atoms with Crippen LogP contribution in [0, 0.1) is 0 Å². The van der Waals surface area contributed by atoms with E-state index < -0.39 is 0 Å². The van der Waals surface area contributed by atoms with Gasteiger partial charge in [0.15, 0.2) is 0 Å². The van der Waals surface area contributed by atoms with Crippen LogP contribution in [0.4, 0.5) is 4.79 Å². The fourth-order valence-corrected chi connectivity index (χ4v) is 4.62. The van der Waals surface area contributed by atoms with E-state index in [-0.39, 0.29) is 12.1 Å². The van der Waals surface area contributed by atoms with Crippen molar-refractivity contribution in [2.45, 2.75) is 68.5 Å². The summed E-state index contributed by atoms with van der Waals surface area (Å²) in [5.41, 5.74) is 1.02. The van der Waals surface area contributed by atoms with Crippen LogP contribution in [0.2, 0.25) is 0 Å². The number of carbonyl (C=O) groups is 1. The molecule has 2 unspecified atom stereocenters. The highest BCUT2D eigenvalue weighted by atomic mass is 32.2. The summed E-state index contributed by atoms with van der Waals surface area (Å²) in [6.45, 7) is 0.332. The molecule has 0 aromatic heterocycles. The molecular formula is C19H28N2O2S. The average molecular weight is 349 g/mol. The molecule has 1 aromatic rings. The Morgan fingerprint density at radius 2 is 1.92 bits per heavy atom. The number of hydrogen-bond acceptors (Lipinski definition) is 4. The van der Waals surface area contributed by atoms with Gasteiger partial charge in [-0.05, 0) is 37.5 Å². The van der Waals surface area contributed by atoms with E-state index in [1.54, 1.807) is 0 Å². The standard InChI is InChI=1S/C19H28N2O2S/c1-24-18-10-6-5-9-17(18)20-15-11-16(12-15)21-19(22)23-13-14-7-3-2-4-8-14/h2-4,7-8,15-18,20H,5-6,9-13H2,1H3,(H,21,22). The van der Waals surface area contributed by atoms with Crippen LogP contribution in [0.1, 0.15) is 44.1 Å². The second-order valence-electron chi connectivity index (χ2n) is 6.90.